The van der Waals surface area contributed by atoms with Crippen molar-refractivity contribution >= 4 is 21.6 Å². The van der Waals surface area contributed by atoms with Gasteiger partial charge in [0.05, 0.1) is 0 Å². The van der Waals surface area contributed by atoms with Crippen molar-refractivity contribution in [2.24, 2.45) is 0 Å². The predicted molar refractivity (Wildman–Crippen MR) is 74.3 cm³/mol. The number of halogens is 2. The lowest BCUT2D eigenvalue weighted by Crippen LogP contribution is -2.34. The van der Waals surface area contributed by atoms with Crippen molar-refractivity contribution in [3.63, 3.8) is 0 Å². The third-order valence-electron chi connectivity index (χ3n) is 2.70. The van der Waals surface area contributed by atoms with Gasteiger partial charge in [0.2, 0.25) is 10.0 Å². The molecule has 0 spiro atoms. The molecule has 0 aromatic heterocycles. The highest BCUT2D eigenvalue weighted by molar-refractivity contribution is 7.89. The second-order valence-corrected chi connectivity index (χ2v) is 6.81. The average Bonchev–Trinajstić information content (AvgIpc) is 2.36. The topological polar surface area (TPSA) is 40.6 Å². The summed E-state index contributed by atoms with van der Waals surface area (Å²) in [5.41, 5.74) is 0.572. The minimum atomic E-state index is -3.82. The zero-order valence-electron chi connectivity index (χ0n) is 11.2. The largest absolute Gasteiger partial charge is 0.308 e. The molecule has 108 valence electrons. The van der Waals surface area contributed by atoms with E-state index in [-0.39, 0.29) is 10.8 Å². The summed E-state index contributed by atoms with van der Waals surface area (Å²) in [7, 11) is 1.30. The number of benzene rings is 1. The van der Waals surface area contributed by atoms with Crippen LogP contribution < -0.4 is 0 Å². The number of nitrogens with zero attached hydrogens (tertiary/aromatic N) is 2. The molecule has 1 aromatic rings. The van der Waals surface area contributed by atoms with E-state index in [4.69, 9.17) is 11.6 Å². The predicted octanol–water partition coefficient (Wildman–Crippen LogP) is 1.75. The van der Waals surface area contributed by atoms with E-state index in [1.807, 2.05) is 19.0 Å². The van der Waals surface area contributed by atoms with Crippen molar-refractivity contribution in [3.05, 3.63) is 29.6 Å². The van der Waals surface area contributed by atoms with Gasteiger partial charge in [-0.1, -0.05) is 6.07 Å². The summed E-state index contributed by atoms with van der Waals surface area (Å²) in [6.07, 6.45) is 0. The summed E-state index contributed by atoms with van der Waals surface area (Å²) in [5.74, 6) is -0.616. The highest BCUT2D eigenvalue weighted by atomic mass is 35.5. The summed E-state index contributed by atoms with van der Waals surface area (Å²) in [4.78, 5) is 1.53. The normalized spacial score (nSPS) is 12.4. The molecule has 7 heteroatoms. The zero-order valence-corrected chi connectivity index (χ0v) is 12.8. The highest BCUT2D eigenvalue weighted by Crippen LogP contribution is 2.20. The maximum atomic E-state index is 13.7. The molecule has 0 radical (unpaired) electrons. The van der Waals surface area contributed by atoms with E-state index in [1.54, 1.807) is 0 Å². The van der Waals surface area contributed by atoms with Gasteiger partial charge < -0.3 is 4.90 Å². The number of hydrogen-bond donors (Lipinski definition) is 0. The molecular weight excluding hydrogens is 291 g/mol. The molecule has 0 aliphatic rings. The lowest BCUT2D eigenvalue weighted by molar-refractivity contribution is 0.357. The monoisotopic (exact) mass is 308 g/mol. The van der Waals surface area contributed by atoms with Gasteiger partial charge >= 0.3 is 0 Å². The fourth-order valence-electron chi connectivity index (χ4n) is 1.46. The summed E-state index contributed by atoms with van der Waals surface area (Å²) in [6, 6.07) is 3.88. The molecule has 0 saturated heterocycles. The summed E-state index contributed by atoms with van der Waals surface area (Å²) in [5, 5.41) is 0. The molecule has 0 unspecified atom stereocenters. The van der Waals surface area contributed by atoms with E-state index < -0.39 is 15.8 Å². The number of sulfonamides is 1. The van der Waals surface area contributed by atoms with E-state index in [9.17, 15) is 12.8 Å². The molecule has 1 aromatic carbocycles. The van der Waals surface area contributed by atoms with Gasteiger partial charge in [-0.15, -0.1) is 11.6 Å². The van der Waals surface area contributed by atoms with Crippen LogP contribution in [0.2, 0.25) is 0 Å². The van der Waals surface area contributed by atoms with Crippen molar-refractivity contribution in [1.29, 1.82) is 0 Å². The maximum absolute atomic E-state index is 13.7. The fraction of sp³-hybridized carbons (Fsp3) is 0.500. The summed E-state index contributed by atoms with van der Waals surface area (Å²) < 4.78 is 39.4. The van der Waals surface area contributed by atoms with Gasteiger partial charge in [-0.05, 0) is 31.8 Å². The van der Waals surface area contributed by atoms with Gasteiger partial charge in [-0.25, -0.2) is 12.8 Å². The molecule has 0 heterocycles. The van der Waals surface area contributed by atoms with Crippen LogP contribution in [0.5, 0.6) is 0 Å². The van der Waals surface area contributed by atoms with Crippen molar-refractivity contribution in [2.75, 3.05) is 34.2 Å². The van der Waals surface area contributed by atoms with Crippen molar-refractivity contribution in [1.82, 2.24) is 9.21 Å². The Bertz CT molecular complexity index is 535. The summed E-state index contributed by atoms with van der Waals surface area (Å²) in [6.45, 7) is 0.854. The summed E-state index contributed by atoms with van der Waals surface area (Å²) >= 11 is 5.65. The van der Waals surface area contributed by atoms with Crippen LogP contribution in [-0.4, -0.2) is 51.9 Å². The molecule has 0 N–H and O–H groups in total. The third kappa shape index (κ3) is 4.14. The molecule has 0 aliphatic heterocycles. The van der Waals surface area contributed by atoms with Crippen LogP contribution in [0.1, 0.15) is 5.56 Å². The molecule has 0 bridgehead atoms. The standard InChI is InChI=1S/C12H18ClFN2O2S/c1-15(2)6-7-16(3)19(17,18)12-8-10(9-13)4-5-11(12)14/h4-5,8H,6-7,9H2,1-3H3. The van der Waals surface area contributed by atoms with Gasteiger partial charge in [0.1, 0.15) is 10.7 Å². The smallest absolute Gasteiger partial charge is 0.245 e. The molecule has 4 nitrogen and oxygen atoms in total. The third-order valence-corrected chi connectivity index (χ3v) is 4.88. The SMILES string of the molecule is CN(C)CCN(C)S(=O)(=O)c1cc(CCl)ccc1F. The Morgan fingerprint density at radius 2 is 1.84 bits per heavy atom. The minimum absolute atomic E-state index is 0.143. The highest BCUT2D eigenvalue weighted by Gasteiger charge is 2.24. The van der Waals surface area contributed by atoms with Gasteiger partial charge in [0.25, 0.3) is 0 Å². The van der Waals surface area contributed by atoms with E-state index in [2.05, 4.69) is 0 Å². The van der Waals surface area contributed by atoms with Crippen LogP contribution in [0.4, 0.5) is 4.39 Å². The van der Waals surface area contributed by atoms with E-state index in [0.717, 1.165) is 10.4 Å². The van der Waals surface area contributed by atoms with Gasteiger partial charge in [0.15, 0.2) is 0 Å². The molecule has 19 heavy (non-hydrogen) atoms. The van der Waals surface area contributed by atoms with E-state index in [0.29, 0.717) is 18.7 Å². The minimum Gasteiger partial charge on any atom is -0.308 e. The van der Waals surface area contributed by atoms with E-state index >= 15 is 0 Å². The Balaban J connectivity index is 3.05. The fourth-order valence-corrected chi connectivity index (χ4v) is 2.90. The zero-order chi connectivity index (χ0) is 14.6. The number of hydrogen-bond acceptors (Lipinski definition) is 3. The maximum Gasteiger partial charge on any atom is 0.245 e. The van der Waals surface area contributed by atoms with Crippen LogP contribution in [0.3, 0.4) is 0 Å². The second kappa shape index (κ2) is 6.65. The first-order chi connectivity index (χ1) is 8.78. The molecule has 0 atom stereocenters. The second-order valence-electron chi connectivity index (χ2n) is 4.53. The molecule has 0 amide bonds. The van der Waals surface area contributed by atoms with Crippen LogP contribution in [0.25, 0.3) is 0 Å². The number of likely N-dealkylation sites (N-methyl/N-ethyl adjacent to an activating group) is 2. The molecule has 0 aliphatic carbocycles. The molecule has 1 rings (SSSR count). The van der Waals surface area contributed by atoms with Crippen molar-refractivity contribution in [3.8, 4) is 0 Å². The van der Waals surface area contributed by atoms with Crippen LogP contribution >= 0.6 is 11.6 Å². The van der Waals surface area contributed by atoms with Crippen molar-refractivity contribution < 1.29 is 12.8 Å². The van der Waals surface area contributed by atoms with Crippen LogP contribution in [0.15, 0.2) is 23.1 Å². The molecular formula is C12H18ClFN2O2S. The molecule has 0 fully saturated rings. The first-order valence-corrected chi connectivity index (χ1v) is 7.72. The Hall–Kier alpha value is -0.690. The Kier molecular flexibility index (Phi) is 5.73. The van der Waals surface area contributed by atoms with Gasteiger partial charge in [-0.3, -0.25) is 0 Å². The first kappa shape index (κ1) is 16.4. The average molecular weight is 309 g/mol. The Morgan fingerprint density at radius 1 is 1.21 bits per heavy atom. The number of alkyl halides is 1. The Morgan fingerprint density at radius 3 is 2.37 bits per heavy atom. The van der Waals surface area contributed by atoms with Gasteiger partial charge in [0, 0.05) is 26.0 Å². The lowest BCUT2D eigenvalue weighted by atomic mass is 10.2. The molecule has 0 saturated carbocycles. The van der Waals surface area contributed by atoms with Crippen molar-refractivity contribution in [2.45, 2.75) is 10.8 Å². The Labute approximate surface area is 118 Å². The van der Waals surface area contributed by atoms with Crippen LogP contribution in [0, 0.1) is 5.82 Å². The lowest BCUT2D eigenvalue weighted by Gasteiger charge is -2.20. The quantitative estimate of drug-likeness (QED) is 0.752. The number of rotatable bonds is 6. The first-order valence-electron chi connectivity index (χ1n) is 5.74. The van der Waals surface area contributed by atoms with Crippen LogP contribution in [-0.2, 0) is 15.9 Å². The van der Waals surface area contributed by atoms with E-state index in [1.165, 1.54) is 19.2 Å². The van der Waals surface area contributed by atoms with Gasteiger partial charge in [-0.2, -0.15) is 4.31 Å².